The van der Waals surface area contributed by atoms with Gasteiger partial charge in [-0.2, -0.15) is 0 Å². The maximum Gasteiger partial charge on any atom is 0.211 e. The normalized spacial score (nSPS) is 20.4. The van der Waals surface area contributed by atoms with E-state index in [0.29, 0.717) is 36.0 Å². The predicted octanol–water partition coefficient (Wildman–Crippen LogP) is 1.88. The molecule has 0 saturated carbocycles. The minimum atomic E-state index is -3.14. The smallest absolute Gasteiger partial charge is 0.211 e. The van der Waals surface area contributed by atoms with Gasteiger partial charge in [0.1, 0.15) is 5.75 Å². The fourth-order valence-electron chi connectivity index (χ4n) is 2.48. The third-order valence-electron chi connectivity index (χ3n) is 3.62. The van der Waals surface area contributed by atoms with E-state index in [4.69, 9.17) is 16.3 Å². The first-order valence-corrected chi connectivity index (χ1v) is 9.10. The minimum absolute atomic E-state index is 0.143. The number of aliphatic hydroxyl groups excluding tert-OH is 1. The van der Waals surface area contributed by atoms with E-state index in [9.17, 15) is 13.5 Å². The van der Waals surface area contributed by atoms with E-state index in [-0.39, 0.29) is 12.5 Å². The van der Waals surface area contributed by atoms with Gasteiger partial charge >= 0.3 is 0 Å². The number of rotatable bonds is 5. The van der Waals surface area contributed by atoms with Crippen molar-refractivity contribution >= 4 is 21.6 Å². The Morgan fingerprint density at radius 3 is 2.90 bits per heavy atom. The lowest BCUT2D eigenvalue weighted by Crippen LogP contribution is -2.40. The Kier molecular flexibility index (Phi) is 5.48. The molecule has 1 saturated heterocycles. The minimum Gasteiger partial charge on any atom is -0.493 e. The number of sulfonamides is 1. The molecule has 0 spiro atoms. The molecule has 1 heterocycles. The second-order valence-corrected chi connectivity index (χ2v) is 7.77. The number of hydrogen-bond acceptors (Lipinski definition) is 4. The van der Waals surface area contributed by atoms with Crippen molar-refractivity contribution in [3.63, 3.8) is 0 Å². The first-order chi connectivity index (χ1) is 9.90. The molecular formula is C14H20ClNO4S. The van der Waals surface area contributed by atoms with Crippen LogP contribution in [-0.2, 0) is 16.6 Å². The topological polar surface area (TPSA) is 66.8 Å². The summed E-state index contributed by atoms with van der Waals surface area (Å²) in [6, 6.07) is 5.10. The Morgan fingerprint density at radius 1 is 1.48 bits per heavy atom. The molecule has 1 aliphatic heterocycles. The number of hydrogen-bond donors (Lipinski definition) is 1. The average Bonchev–Trinajstić information content (AvgIpc) is 2.45. The van der Waals surface area contributed by atoms with Gasteiger partial charge in [0.2, 0.25) is 10.0 Å². The molecule has 118 valence electrons. The van der Waals surface area contributed by atoms with Gasteiger partial charge in [-0.3, -0.25) is 0 Å². The molecule has 1 atom stereocenters. The predicted molar refractivity (Wildman–Crippen MR) is 82.0 cm³/mol. The van der Waals surface area contributed by atoms with Gasteiger partial charge in [-0.05, 0) is 31.0 Å². The maximum absolute atomic E-state index is 11.6. The largest absolute Gasteiger partial charge is 0.493 e. The number of ether oxygens (including phenoxy) is 1. The molecule has 5 nitrogen and oxygen atoms in total. The van der Waals surface area contributed by atoms with E-state index >= 15 is 0 Å². The molecule has 1 unspecified atom stereocenters. The summed E-state index contributed by atoms with van der Waals surface area (Å²) in [7, 11) is -3.14. The van der Waals surface area contributed by atoms with Crippen LogP contribution in [0.3, 0.4) is 0 Å². The Labute approximate surface area is 130 Å². The quantitative estimate of drug-likeness (QED) is 0.893. The third-order valence-corrected chi connectivity index (χ3v) is 5.12. The van der Waals surface area contributed by atoms with Crippen molar-refractivity contribution in [2.45, 2.75) is 19.4 Å². The van der Waals surface area contributed by atoms with Crippen molar-refractivity contribution in [1.29, 1.82) is 0 Å². The lowest BCUT2D eigenvalue weighted by molar-refractivity contribution is 0.176. The fourth-order valence-corrected chi connectivity index (χ4v) is 3.62. The summed E-state index contributed by atoms with van der Waals surface area (Å²) in [6.07, 6.45) is 3.02. The Balaban J connectivity index is 1.97. The highest BCUT2D eigenvalue weighted by Gasteiger charge is 2.26. The zero-order chi connectivity index (χ0) is 15.5. The summed E-state index contributed by atoms with van der Waals surface area (Å²) in [5, 5.41) is 9.85. The van der Waals surface area contributed by atoms with E-state index in [1.54, 1.807) is 18.2 Å². The summed E-state index contributed by atoms with van der Waals surface area (Å²) in [6.45, 7) is 1.36. The van der Waals surface area contributed by atoms with Crippen LogP contribution < -0.4 is 4.74 Å². The van der Waals surface area contributed by atoms with Gasteiger partial charge in [0, 0.05) is 29.6 Å². The molecule has 0 aromatic heterocycles. The van der Waals surface area contributed by atoms with Gasteiger partial charge in [0.25, 0.3) is 0 Å². The highest BCUT2D eigenvalue weighted by molar-refractivity contribution is 7.88. The van der Waals surface area contributed by atoms with Crippen LogP contribution in [0.2, 0.25) is 5.02 Å². The third kappa shape index (κ3) is 4.57. The van der Waals surface area contributed by atoms with E-state index < -0.39 is 10.0 Å². The average molecular weight is 334 g/mol. The number of halogens is 1. The molecule has 7 heteroatoms. The standard InChI is InChI=1S/C14H20ClNO4S/c1-21(18,19)16-6-2-3-11(8-16)10-20-14-5-4-13(15)7-12(14)9-17/h4-5,7,11,17H,2-3,6,8-10H2,1H3. The Bertz CT molecular complexity index is 591. The van der Waals surface area contributed by atoms with E-state index in [0.717, 1.165) is 12.8 Å². The number of nitrogens with zero attached hydrogens (tertiary/aromatic N) is 1. The fraction of sp³-hybridized carbons (Fsp3) is 0.571. The number of benzene rings is 1. The van der Waals surface area contributed by atoms with E-state index in [1.165, 1.54) is 10.6 Å². The molecule has 1 fully saturated rings. The van der Waals surface area contributed by atoms with Crippen LogP contribution in [0.5, 0.6) is 5.75 Å². The monoisotopic (exact) mass is 333 g/mol. The van der Waals surface area contributed by atoms with Crippen LogP contribution >= 0.6 is 11.6 Å². The van der Waals surface area contributed by atoms with Gasteiger partial charge in [-0.15, -0.1) is 0 Å². The van der Waals surface area contributed by atoms with E-state index in [2.05, 4.69) is 0 Å². The molecular weight excluding hydrogens is 314 g/mol. The van der Waals surface area contributed by atoms with Crippen LogP contribution in [0.15, 0.2) is 18.2 Å². The zero-order valence-electron chi connectivity index (χ0n) is 12.0. The van der Waals surface area contributed by atoms with Crippen LogP contribution in [0.4, 0.5) is 0 Å². The van der Waals surface area contributed by atoms with Crippen molar-refractivity contribution in [1.82, 2.24) is 4.31 Å². The SMILES string of the molecule is CS(=O)(=O)N1CCCC(COc2ccc(Cl)cc2CO)C1. The molecule has 0 amide bonds. The molecule has 2 rings (SSSR count). The Morgan fingerprint density at radius 2 is 2.24 bits per heavy atom. The van der Waals surface area contributed by atoms with Crippen LogP contribution in [-0.4, -0.2) is 43.8 Å². The lowest BCUT2D eigenvalue weighted by atomic mass is 10.0. The van der Waals surface area contributed by atoms with Crippen LogP contribution in [0.25, 0.3) is 0 Å². The van der Waals surface area contributed by atoms with Crippen molar-refractivity contribution in [3.05, 3.63) is 28.8 Å². The van der Waals surface area contributed by atoms with Gasteiger partial charge < -0.3 is 9.84 Å². The van der Waals surface area contributed by atoms with Gasteiger partial charge in [0.05, 0.1) is 19.5 Å². The van der Waals surface area contributed by atoms with Gasteiger partial charge in [0.15, 0.2) is 0 Å². The molecule has 0 aliphatic carbocycles. The molecule has 21 heavy (non-hydrogen) atoms. The van der Waals surface area contributed by atoms with Crippen molar-refractivity contribution in [2.24, 2.45) is 5.92 Å². The molecule has 0 bridgehead atoms. The van der Waals surface area contributed by atoms with Crippen molar-refractivity contribution < 1.29 is 18.3 Å². The zero-order valence-corrected chi connectivity index (χ0v) is 13.5. The maximum atomic E-state index is 11.6. The van der Waals surface area contributed by atoms with Gasteiger partial charge in [-0.1, -0.05) is 11.6 Å². The first-order valence-electron chi connectivity index (χ1n) is 6.87. The second kappa shape index (κ2) is 6.96. The number of piperidine rings is 1. The molecule has 1 aromatic rings. The summed E-state index contributed by atoms with van der Waals surface area (Å²) >= 11 is 5.87. The van der Waals surface area contributed by atoms with Crippen LogP contribution in [0, 0.1) is 5.92 Å². The highest BCUT2D eigenvalue weighted by atomic mass is 35.5. The van der Waals surface area contributed by atoms with Crippen molar-refractivity contribution in [3.8, 4) is 5.75 Å². The molecule has 1 aromatic carbocycles. The lowest BCUT2D eigenvalue weighted by Gasteiger charge is -2.30. The van der Waals surface area contributed by atoms with Crippen LogP contribution in [0.1, 0.15) is 18.4 Å². The Hall–Kier alpha value is -0.820. The molecule has 0 radical (unpaired) electrons. The molecule has 1 N–H and O–H groups in total. The summed E-state index contributed by atoms with van der Waals surface area (Å²) in [5.74, 6) is 0.758. The number of aliphatic hydroxyl groups is 1. The van der Waals surface area contributed by atoms with E-state index in [1.807, 2.05) is 0 Å². The van der Waals surface area contributed by atoms with Crippen molar-refractivity contribution in [2.75, 3.05) is 26.0 Å². The first kappa shape index (κ1) is 16.5. The van der Waals surface area contributed by atoms with Gasteiger partial charge in [-0.25, -0.2) is 12.7 Å². The highest BCUT2D eigenvalue weighted by Crippen LogP contribution is 2.25. The molecule has 1 aliphatic rings. The summed E-state index contributed by atoms with van der Waals surface area (Å²) < 4.78 is 30.4. The summed E-state index contributed by atoms with van der Waals surface area (Å²) in [4.78, 5) is 0. The summed E-state index contributed by atoms with van der Waals surface area (Å²) in [5.41, 5.74) is 0.637. The second-order valence-electron chi connectivity index (χ2n) is 5.35.